The number of aromatic nitrogens is 2. The number of imidazole rings is 1. The van der Waals surface area contributed by atoms with Gasteiger partial charge in [0.05, 0.1) is 16.7 Å². The van der Waals surface area contributed by atoms with Gasteiger partial charge in [0.2, 0.25) is 0 Å². The second-order valence-electron chi connectivity index (χ2n) is 7.44. The molecule has 0 saturated carbocycles. The van der Waals surface area contributed by atoms with Crippen molar-refractivity contribution >= 4 is 44.0 Å². The van der Waals surface area contributed by atoms with E-state index in [1.165, 1.54) is 0 Å². The molecule has 0 atom stereocenters. The first-order valence-corrected chi connectivity index (χ1v) is 12.0. The predicted molar refractivity (Wildman–Crippen MR) is 124 cm³/mol. The van der Waals surface area contributed by atoms with Crippen LogP contribution in [0.5, 0.6) is 0 Å². The predicted octanol–water partition coefficient (Wildman–Crippen LogP) is 4.24. The Morgan fingerprint density at radius 1 is 1.10 bits per heavy atom. The SMILES string of the molecule is CC(C)NC(=O)c1ccc(-c2nc3cc(NS(=O)(=O)c4cccs4)ccc3n2C)cc1. The molecule has 0 unspecified atom stereocenters. The molecule has 31 heavy (non-hydrogen) atoms. The second kappa shape index (κ2) is 8.16. The number of carbonyl (C=O) groups excluding carboxylic acids is 1. The molecule has 0 bridgehead atoms. The Hall–Kier alpha value is -3.17. The van der Waals surface area contributed by atoms with Crippen molar-refractivity contribution in [1.29, 1.82) is 0 Å². The first kappa shape index (κ1) is 21.1. The zero-order valence-electron chi connectivity index (χ0n) is 17.3. The van der Waals surface area contributed by atoms with Gasteiger partial charge in [-0.2, -0.15) is 0 Å². The van der Waals surface area contributed by atoms with Gasteiger partial charge in [-0.15, -0.1) is 11.3 Å². The number of rotatable bonds is 6. The summed E-state index contributed by atoms with van der Waals surface area (Å²) in [6.07, 6.45) is 0. The lowest BCUT2D eigenvalue weighted by atomic mass is 10.1. The Morgan fingerprint density at radius 3 is 2.48 bits per heavy atom. The van der Waals surface area contributed by atoms with Crippen LogP contribution in [0.1, 0.15) is 24.2 Å². The van der Waals surface area contributed by atoms with Gasteiger partial charge in [-0.25, -0.2) is 13.4 Å². The van der Waals surface area contributed by atoms with Gasteiger partial charge in [-0.05, 0) is 55.6 Å². The molecular weight excluding hydrogens is 432 g/mol. The van der Waals surface area contributed by atoms with E-state index in [1.807, 2.05) is 43.7 Å². The molecule has 2 heterocycles. The van der Waals surface area contributed by atoms with E-state index in [9.17, 15) is 13.2 Å². The van der Waals surface area contributed by atoms with Crippen LogP contribution < -0.4 is 10.0 Å². The van der Waals surface area contributed by atoms with Gasteiger partial charge in [0.15, 0.2) is 0 Å². The Balaban J connectivity index is 1.63. The summed E-state index contributed by atoms with van der Waals surface area (Å²) >= 11 is 1.16. The monoisotopic (exact) mass is 454 g/mol. The van der Waals surface area contributed by atoms with Crippen molar-refractivity contribution in [2.45, 2.75) is 24.1 Å². The molecule has 0 radical (unpaired) electrons. The number of sulfonamides is 1. The molecule has 9 heteroatoms. The average Bonchev–Trinajstić information content (AvgIpc) is 3.36. The van der Waals surface area contributed by atoms with E-state index in [4.69, 9.17) is 0 Å². The summed E-state index contributed by atoms with van der Waals surface area (Å²) < 4.78 is 29.8. The van der Waals surface area contributed by atoms with E-state index in [2.05, 4.69) is 15.0 Å². The summed E-state index contributed by atoms with van der Waals surface area (Å²) in [6, 6.07) is 15.9. The molecule has 0 saturated heterocycles. The number of anilines is 1. The van der Waals surface area contributed by atoms with Crippen molar-refractivity contribution in [2.75, 3.05) is 4.72 Å². The highest BCUT2D eigenvalue weighted by Gasteiger charge is 2.17. The minimum Gasteiger partial charge on any atom is -0.350 e. The zero-order valence-corrected chi connectivity index (χ0v) is 18.9. The Bertz CT molecular complexity index is 1340. The van der Waals surface area contributed by atoms with Gasteiger partial charge >= 0.3 is 0 Å². The van der Waals surface area contributed by atoms with E-state index < -0.39 is 10.0 Å². The molecule has 2 N–H and O–H groups in total. The summed E-state index contributed by atoms with van der Waals surface area (Å²) in [5.41, 5.74) is 3.44. The van der Waals surface area contributed by atoms with E-state index in [0.29, 0.717) is 16.8 Å². The Morgan fingerprint density at radius 2 is 1.84 bits per heavy atom. The number of hydrogen-bond donors (Lipinski definition) is 2. The quantitative estimate of drug-likeness (QED) is 0.456. The van der Waals surface area contributed by atoms with Crippen LogP contribution in [-0.4, -0.2) is 29.9 Å². The molecule has 0 spiro atoms. The summed E-state index contributed by atoms with van der Waals surface area (Å²) in [4.78, 5) is 16.8. The summed E-state index contributed by atoms with van der Waals surface area (Å²) in [5.74, 6) is 0.610. The number of benzene rings is 2. The number of hydrogen-bond acceptors (Lipinski definition) is 5. The van der Waals surface area contributed by atoms with Crippen LogP contribution in [0, 0.1) is 0 Å². The summed E-state index contributed by atoms with van der Waals surface area (Å²) in [7, 11) is -1.72. The van der Waals surface area contributed by atoms with Crippen LogP contribution in [0.25, 0.3) is 22.4 Å². The topological polar surface area (TPSA) is 93.1 Å². The maximum Gasteiger partial charge on any atom is 0.271 e. The highest BCUT2D eigenvalue weighted by Crippen LogP contribution is 2.27. The Labute approximate surface area is 184 Å². The molecule has 0 aliphatic carbocycles. The normalized spacial score (nSPS) is 11.7. The number of nitrogens with one attached hydrogen (secondary N) is 2. The average molecular weight is 455 g/mol. The number of aryl methyl sites for hydroxylation is 1. The van der Waals surface area contributed by atoms with Gasteiger partial charge in [-0.1, -0.05) is 18.2 Å². The number of nitrogens with zero attached hydrogens (tertiary/aromatic N) is 2. The molecule has 4 aromatic rings. The maximum atomic E-state index is 12.5. The number of amides is 1. The fourth-order valence-corrected chi connectivity index (χ4v) is 5.30. The van der Waals surface area contributed by atoms with Crippen LogP contribution in [0.4, 0.5) is 5.69 Å². The molecule has 4 rings (SSSR count). The van der Waals surface area contributed by atoms with Crippen molar-refractivity contribution in [3.8, 4) is 11.4 Å². The van der Waals surface area contributed by atoms with Crippen molar-refractivity contribution in [3.05, 3.63) is 65.5 Å². The van der Waals surface area contributed by atoms with Gasteiger partial charge in [0, 0.05) is 24.2 Å². The molecule has 1 amide bonds. The van der Waals surface area contributed by atoms with E-state index >= 15 is 0 Å². The van der Waals surface area contributed by atoms with E-state index in [-0.39, 0.29) is 16.2 Å². The third-order valence-electron chi connectivity index (χ3n) is 4.72. The smallest absolute Gasteiger partial charge is 0.271 e. The molecule has 0 aliphatic heterocycles. The van der Waals surface area contributed by atoms with Gasteiger partial charge in [0.25, 0.3) is 15.9 Å². The highest BCUT2D eigenvalue weighted by atomic mass is 32.2. The molecular formula is C22H22N4O3S2. The van der Waals surface area contributed by atoms with Crippen molar-refractivity contribution in [3.63, 3.8) is 0 Å². The van der Waals surface area contributed by atoms with Crippen LogP contribution >= 0.6 is 11.3 Å². The van der Waals surface area contributed by atoms with E-state index in [1.54, 1.807) is 41.8 Å². The summed E-state index contributed by atoms with van der Waals surface area (Å²) in [6.45, 7) is 3.83. The molecule has 160 valence electrons. The van der Waals surface area contributed by atoms with Gasteiger partial charge in [-0.3, -0.25) is 9.52 Å². The summed E-state index contributed by atoms with van der Waals surface area (Å²) in [5, 5.41) is 4.59. The van der Waals surface area contributed by atoms with Gasteiger partial charge in [0.1, 0.15) is 10.0 Å². The lowest BCUT2D eigenvalue weighted by Crippen LogP contribution is -2.29. The number of fused-ring (bicyclic) bond motifs is 1. The Kier molecular flexibility index (Phi) is 5.55. The van der Waals surface area contributed by atoms with Crippen molar-refractivity contribution in [1.82, 2.24) is 14.9 Å². The van der Waals surface area contributed by atoms with Gasteiger partial charge < -0.3 is 9.88 Å². The molecule has 2 aromatic carbocycles. The maximum absolute atomic E-state index is 12.5. The van der Waals surface area contributed by atoms with Crippen molar-refractivity contribution in [2.24, 2.45) is 7.05 Å². The minimum atomic E-state index is -3.62. The fraction of sp³-hybridized carbons (Fsp3) is 0.182. The van der Waals surface area contributed by atoms with Crippen LogP contribution in [0.2, 0.25) is 0 Å². The lowest BCUT2D eigenvalue weighted by molar-refractivity contribution is 0.0943. The third kappa shape index (κ3) is 4.33. The third-order valence-corrected chi connectivity index (χ3v) is 7.50. The number of carbonyl (C=O) groups is 1. The minimum absolute atomic E-state index is 0.0680. The lowest BCUT2D eigenvalue weighted by Gasteiger charge is -2.09. The zero-order chi connectivity index (χ0) is 22.2. The molecule has 0 fully saturated rings. The fourth-order valence-electron chi connectivity index (χ4n) is 3.26. The number of thiophene rings is 1. The van der Waals surface area contributed by atoms with Crippen LogP contribution in [0.15, 0.2) is 64.2 Å². The van der Waals surface area contributed by atoms with E-state index in [0.717, 1.165) is 28.2 Å². The molecule has 7 nitrogen and oxygen atoms in total. The second-order valence-corrected chi connectivity index (χ2v) is 10.3. The van der Waals surface area contributed by atoms with Crippen LogP contribution in [0.3, 0.4) is 0 Å². The molecule has 0 aliphatic rings. The van der Waals surface area contributed by atoms with Crippen molar-refractivity contribution < 1.29 is 13.2 Å². The first-order chi connectivity index (χ1) is 14.7. The highest BCUT2D eigenvalue weighted by molar-refractivity contribution is 7.94. The van der Waals surface area contributed by atoms with Crippen LogP contribution in [-0.2, 0) is 17.1 Å². The standard InChI is InChI=1S/C22H22N4O3S2/c1-14(2)23-22(27)16-8-6-15(7-9-16)21-24-18-13-17(10-11-19(18)26(21)3)25-31(28,29)20-5-4-12-30-20/h4-14,25H,1-3H3,(H,23,27). The first-order valence-electron chi connectivity index (χ1n) is 9.69. The largest absolute Gasteiger partial charge is 0.350 e. The molecule has 2 aromatic heterocycles.